The van der Waals surface area contributed by atoms with Gasteiger partial charge in [0.1, 0.15) is 0 Å². The Labute approximate surface area is 129 Å². The zero-order valence-electron chi connectivity index (χ0n) is 12.3. The van der Waals surface area contributed by atoms with Gasteiger partial charge in [-0.3, -0.25) is 0 Å². The average Bonchev–Trinajstić information content (AvgIpc) is 2.60. The molecular formula is C20H18N2+2. The van der Waals surface area contributed by atoms with Crippen molar-refractivity contribution in [2.24, 2.45) is 0 Å². The van der Waals surface area contributed by atoms with Crippen LogP contribution < -0.4 is 9.97 Å². The lowest BCUT2D eigenvalue weighted by atomic mass is 10.0. The molecule has 0 aliphatic carbocycles. The van der Waals surface area contributed by atoms with Crippen LogP contribution in [0.25, 0.3) is 21.5 Å². The SMILES string of the molecule is c1ccc2c(CCc3[nH+]ccc4ccccc34)[nH+]ccc2c1. The number of aryl methyl sites for hydroxylation is 2. The van der Waals surface area contributed by atoms with E-state index in [2.05, 4.69) is 70.6 Å². The first kappa shape index (κ1) is 13.0. The highest BCUT2D eigenvalue weighted by Gasteiger charge is 2.12. The Bertz CT molecular complexity index is 854. The molecule has 2 aromatic carbocycles. The van der Waals surface area contributed by atoms with Gasteiger partial charge in [-0.2, -0.15) is 0 Å². The Morgan fingerprint density at radius 2 is 1.00 bits per heavy atom. The molecule has 2 heteroatoms. The molecule has 106 valence electrons. The molecular weight excluding hydrogens is 268 g/mol. The van der Waals surface area contributed by atoms with Crippen LogP contribution in [0.2, 0.25) is 0 Å². The standard InChI is InChI=1S/C20H16N2/c1-3-7-17-15(5-1)11-13-21-19(17)9-10-20-18-8-4-2-6-16(18)12-14-22-20/h1-8,11-14H,9-10H2/p+2. The maximum atomic E-state index is 3.42. The molecule has 0 aliphatic heterocycles. The summed E-state index contributed by atoms with van der Waals surface area (Å²) in [6, 6.07) is 21.3. The Morgan fingerprint density at radius 3 is 1.50 bits per heavy atom. The minimum Gasteiger partial charge on any atom is -0.215 e. The summed E-state index contributed by atoms with van der Waals surface area (Å²) in [7, 11) is 0. The zero-order valence-corrected chi connectivity index (χ0v) is 12.3. The van der Waals surface area contributed by atoms with E-state index in [1.165, 1.54) is 32.9 Å². The molecule has 2 heterocycles. The summed E-state index contributed by atoms with van der Waals surface area (Å²) in [6.45, 7) is 0. The van der Waals surface area contributed by atoms with Gasteiger partial charge in [0.05, 0.1) is 0 Å². The molecule has 0 saturated heterocycles. The molecule has 4 aromatic rings. The van der Waals surface area contributed by atoms with E-state index in [0.717, 1.165) is 12.8 Å². The van der Waals surface area contributed by atoms with Crippen molar-refractivity contribution in [3.63, 3.8) is 0 Å². The Balaban J connectivity index is 1.69. The van der Waals surface area contributed by atoms with E-state index in [1.807, 2.05) is 12.4 Å². The van der Waals surface area contributed by atoms with Crippen LogP contribution in [0.5, 0.6) is 0 Å². The topological polar surface area (TPSA) is 28.3 Å². The highest BCUT2D eigenvalue weighted by Crippen LogP contribution is 2.18. The number of nitrogens with one attached hydrogen (secondary N) is 2. The second-order valence-corrected chi connectivity index (χ2v) is 5.59. The number of H-pyrrole nitrogens is 2. The number of hydrogen-bond donors (Lipinski definition) is 0. The molecule has 0 aliphatic rings. The van der Waals surface area contributed by atoms with E-state index < -0.39 is 0 Å². The van der Waals surface area contributed by atoms with Gasteiger partial charge < -0.3 is 0 Å². The largest absolute Gasteiger partial charge is 0.215 e. The number of pyridine rings is 2. The van der Waals surface area contributed by atoms with Crippen LogP contribution in [-0.2, 0) is 12.8 Å². The van der Waals surface area contributed by atoms with Crippen molar-refractivity contribution in [1.29, 1.82) is 0 Å². The highest BCUT2D eigenvalue weighted by molar-refractivity contribution is 5.84. The van der Waals surface area contributed by atoms with Crippen molar-refractivity contribution in [1.82, 2.24) is 0 Å². The Hall–Kier alpha value is -2.74. The molecule has 0 saturated carbocycles. The predicted octanol–water partition coefficient (Wildman–Crippen LogP) is 3.41. The second kappa shape index (κ2) is 5.57. The van der Waals surface area contributed by atoms with Gasteiger partial charge in [-0.15, -0.1) is 0 Å². The average molecular weight is 286 g/mol. The Kier molecular flexibility index (Phi) is 3.28. The van der Waals surface area contributed by atoms with Gasteiger partial charge in [0, 0.05) is 35.7 Å². The van der Waals surface area contributed by atoms with Crippen LogP contribution in [0.1, 0.15) is 11.4 Å². The molecule has 0 unspecified atom stereocenters. The molecule has 2 aromatic heterocycles. The quantitative estimate of drug-likeness (QED) is 0.552. The minimum absolute atomic E-state index is 0.992. The summed E-state index contributed by atoms with van der Waals surface area (Å²) in [4.78, 5) is 6.83. The van der Waals surface area contributed by atoms with Crippen LogP contribution in [-0.4, -0.2) is 0 Å². The van der Waals surface area contributed by atoms with Crippen molar-refractivity contribution in [3.05, 3.63) is 84.4 Å². The number of aromatic nitrogens is 2. The van der Waals surface area contributed by atoms with Crippen LogP contribution in [0.15, 0.2) is 73.1 Å². The smallest absolute Gasteiger partial charge is 0.188 e. The third-order valence-electron chi connectivity index (χ3n) is 4.24. The van der Waals surface area contributed by atoms with Gasteiger partial charge in [0.2, 0.25) is 0 Å². The molecule has 0 fully saturated rings. The van der Waals surface area contributed by atoms with Gasteiger partial charge in [0.25, 0.3) is 0 Å². The van der Waals surface area contributed by atoms with Crippen molar-refractivity contribution >= 4 is 21.5 Å². The maximum Gasteiger partial charge on any atom is 0.188 e. The molecule has 0 spiro atoms. The minimum atomic E-state index is 0.992. The van der Waals surface area contributed by atoms with E-state index in [9.17, 15) is 0 Å². The number of fused-ring (bicyclic) bond motifs is 2. The summed E-state index contributed by atoms with van der Waals surface area (Å²) in [6.07, 6.45) is 6.05. The Morgan fingerprint density at radius 1 is 0.545 bits per heavy atom. The van der Waals surface area contributed by atoms with Crippen molar-refractivity contribution < 1.29 is 9.97 Å². The third kappa shape index (κ3) is 2.33. The van der Waals surface area contributed by atoms with Crippen LogP contribution in [0.4, 0.5) is 0 Å². The van der Waals surface area contributed by atoms with Crippen molar-refractivity contribution in [2.45, 2.75) is 12.8 Å². The molecule has 22 heavy (non-hydrogen) atoms. The summed E-state index contributed by atoms with van der Waals surface area (Å²) < 4.78 is 0. The van der Waals surface area contributed by atoms with Crippen molar-refractivity contribution in [3.8, 4) is 0 Å². The summed E-state index contributed by atoms with van der Waals surface area (Å²) in [5, 5.41) is 5.20. The summed E-state index contributed by atoms with van der Waals surface area (Å²) in [5.41, 5.74) is 2.58. The molecule has 2 N–H and O–H groups in total. The van der Waals surface area contributed by atoms with E-state index in [1.54, 1.807) is 0 Å². The molecule has 0 amide bonds. The number of aromatic amines is 2. The fourth-order valence-electron chi connectivity index (χ4n) is 3.12. The second-order valence-electron chi connectivity index (χ2n) is 5.59. The predicted molar refractivity (Wildman–Crippen MR) is 88.4 cm³/mol. The number of rotatable bonds is 3. The number of benzene rings is 2. The van der Waals surface area contributed by atoms with Crippen LogP contribution in [0.3, 0.4) is 0 Å². The van der Waals surface area contributed by atoms with Gasteiger partial charge in [0.15, 0.2) is 23.8 Å². The molecule has 0 atom stereocenters. The lowest BCUT2D eigenvalue weighted by Gasteiger charge is -2.01. The van der Waals surface area contributed by atoms with E-state index in [-0.39, 0.29) is 0 Å². The normalized spacial score (nSPS) is 11.1. The molecule has 0 radical (unpaired) electrons. The fourth-order valence-corrected chi connectivity index (χ4v) is 3.12. The van der Waals surface area contributed by atoms with Gasteiger partial charge in [-0.05, 0) is 22.9 Å². The molecule has 4 rings (SSSR count). The van der Waals surface area contributed by atoms with Crippen molar-refractivity contribution in [2.75, 3.05) is 0 Å². The summed E-state index contributed by atoms with van der Waals surface area (Å²) >= 11 is 0. The van der Waals surface area contributed by atoms with E-state index in [0.29, 0.717) is 0 Å². The first-order valence-electron chi connectivity index (χ1n) is 7.68. The van der Waals surface area contributed by atoms with E-state index in [4.69, 9.17) is 0 Å². The summed E-state index contributed by atoms with van der Waals surface area (Å²) in [5.74, 6) is 0. The van der Waals surface area contributed by atoms with Gasteiger partial charge >= 0.3 is 0 Å². The first-order chi connectivity index (χ1) is 10.9. The lowest BCUT2D eigenvalue weighted by molar-refractivity contribution is -0.395. The number of hydrogen-bond acceptors (Lipinski definition) is 0. The van der Waals surface area contributed by atoms with Crippen LogP contribution >= 0.6 is 0 Å². The monoisotopic (exact) mass is 286 g/mol. The fraction of sp³-hybridized carbons (Fsp3) is 0.100. The highest BCUT2D eigenvalue weighted by atomic mass is 14.7. The molecule has 0 bridgehead atoms. The van der Waals surface area contributed by atoms with E-state index >= 15 is 0 Å². The third-order valence-corrected chi connectivity index (χ3v) is 4.24. The maximum absolute atomic E-state index is 3.42. The lowest BCUT2D eigenvalue weighted by Crippen LogP contribution is -2.16. The zero-order chi connectivity index (χ0) is 14.8. The van der Waals surface area contributed by atoms with Gasteiger partial charge in [-0.25, -0.2) is 9.97 Å². The van der Waals surface area contributed by atoms with Crippen LogP contribution in [0, 0.1) is 0 Å². The first-order valence-corrected chi connectivity index (χ1v) is 7.68. The van der Waals surface area contributed by atoms with Gasteiger partial charge in [-0.1, -0.05) is 36.4 Å². The molecule has 2 nitrogen and oxygen atoms in total.